The lowest BCUT2D eigenvalue weighted by molar-refractivity contribution is -0.119. The summed E-state index contributed by atoms with van der Waals surface area (Å²) in [4.78, 5) is 31.3. The van der Waals surface area contributed by atoms with Crippen LogP contribution in [0.5, 0.6) is 11.6 Å². The van der Waals surface area contributed by atoms with Crippen molar-refractivity contribution < 1.29 is 19.1 Å². The molecule has 3 N–H and O–H groups in total. The summed E-state index contributed by atoms with van der Waals surface area (Å²) in [6.07, 6.45) is 2.02. The Morgan fingerprint density at radius 1 is 1.18 bits per heavy atom. The maximum atomic E-state index is 12.6. The van der Waals surface area contributed by atoms with Gasteiger partial charge in [0.25, 0.3) is 11.8 Å². The summed E-state index contributed by atoms with van der Waals surface area (Å²) in [5.41, 5.74) is 8.06. The normalized spacial score (nSPS) is 12.5. The van der Waals surface area contributed by atoms with Crippen LogP contribution in [0.1, 0.15) is 16.1 Å². The van der Waals surface area contributed by atoms with Gasteiger partial charge in [0.1, 0.15) is 23.7 Å². The molecule has 0 unspecified atom stereocenters. The monoisotopic (exact) mass is 464 g/mol. The molecule has 3 aromatic rings. The molecule has 1 aliphatic rings. The second kappa shape index (κ2) is 10.3. The van der Waals surface area contributed by atoms with Gasteiger partial charge >= 0.3 is 0 Å². The molecular weight excluding hydrogens is 440 g/mol. The fourth-order valence-corrected chi connectivity index (χ4v) is 3.81. The van der Waals surface area contributed by atoms with Crippen LogP contribution < -0.4 is 25.4 Å². The number of primary amides is 1. The van der Waals surface area contributed by atoms with Gasteiger partial charge in [-0.05, 0) is 48.2 Å². The molecule has 0 atom stereocenters. The highest BCUT2D eigenvalue weighted by Crippen LogP contribution is 2.36. The van der Waals surface area contributed by atoms with Crippen molar-refractivity contribution in [3.63, 3.8) is 0 Å². The molecule has 0 fully saturated rings. The van der Waals surface area contributed by atoms with Crippen molar-refractivity contribution >= 4 is 35.0 Å². The number of hydrogen-bond donors (Lipinski definition) is 2. The van der Waals surface area contributed by atoms with Gasteiger partial charge in [0, 0.05) is 23.2 Å². The number of fused-ring (bicyclic) bond motifs is 1. The third-order valence-corrected chi connectivity index (χ3v) is 5.78. The van der Waals surface area contributed by atoms with Gasteiger partial charge in [-0.1, -0.05) is 18.2 Å². The van der Waals surface area contributed by atoms with Crippen LogP contribution in [0.15, 0.2) is 65.6 Å². The molecule has 1 aromatic heterocycles. The maximum Gasteiger partial charge on any atom is 0.270 e. The smallest absolute Gasteiger partial charge is 0.270 e. The molecule has 0 spiro atoms. The van der Waals surface area contributed by atoms with Crippen molar-refractivity contribution in [1.82, 2.24) is 10.3 Å². The van der Waals surface area contributed by atoms with E-state index in [1.54, 1.807) is 23.9 Å². The van der Waals surface area contributed by atoms with E-state index in [2.05, 4.69) is 10.3 Å². The van der Waals surface area contributed by atoms with Gasteiger partial charge in [0.05, 0.1) is 6.54 Å². The standard InChI is InChI=1S/C24H24N4O4S/c1-33-19-7-5-16(6-8-19)14-26-23(30)20-9-10-21-24(27-20)31-12-11-28(21)17-3-2-4-18(13-17)32-15-22(25)29/h2-10,13H,11-12,14-15H2,1H3,(H2,25,29)(H,26,30). The van der Waals surface area contributed by atoms with Crippen molar-refractivity contribution in [2.24, 2.45) is 5.73 Å². The molecule has 0 aliphatic carbocycles. The zero-order valence-electron chi connectivity index (χ0n) is 18.1. The van der Waals surface area contributed by atoms with Gasteiger partial charge in [0.2, 0.25) is 5.88 Å². The summed E-state index contributed by atoms with van der Waals surface area (Å²) in [5.74, 6) is 0.119. The largest absolute Gasteiger partial charge is 0.484 e. The number of benzene rings is 2. The number of carbonyl (C=O) groups excluding carboxylic acids is 2. The molecule has 0 bridgehead atoms. The number of nitrogens with two attached hydrogens (primary N) is 1. The Kier molecular flexibility index (Phi) is 6.99. The van der Waals surface area contributed by atoms with Gasteiger partial charge in [-0.15, -0.1) is 11.8 Å². The molecule has 0 saturated carbocycles. The molecular formula is C24H24N4O4S. The number of anilines is 2. The fraction of sp³-hybridized carbons (Fsp3) is 0.208. The van der Waals surface area contributed by atoms with E-state index in [0.29, 0.717) is 31.3 Å². The van der Waals surface area contributed by atoms with Crippen LogP contribution in [0.25, 0.3) is 0 Å². The molecule has 4 rings (SSSR count). The van der Waals surface area contributed by atoms with E-state index >= 15 is 0 Å². The summed E-state index contributed by atoms with van der Waals surface area (Å²) >= 11 is 1.67. The topological polar surface area (TPSA) is 107 Å². The number of aromatic nitrogens is 1. The SMILES string of the molecule is CSc1ccc(CNC(=O)c2ccc3c(n2)OCCN3c2cccc(OCC(N)=O)c2)cc1. The number of amides is 2. The predicted octanol–water partition coefficient (Wildman–Crippen LogP) is 3.13. The van der Waals surface area contributed by atoms with Crippen LogP contribution in [-0.2, 0) is 11.3 Å². The Balaban J connectivity index is 1.47. The quantitative estimate of drug-likeness (QED) is 0.493. The minimum absolute atomic E-state index is 0.190. The zero-order valence-corrected chi connectivity index (χ0v) is 18.9. The van der Waals surface area contributed by atoms with Crippen molar-refractivity contribution in [3.05, 3.63) is 71.9 Å². The summed E-state index contributed by atoms with van der Waals surface area (Å²) in [5, 5.41) is 2.90. The first-order chi connectivity index (χ1) is 16.0. The van der Waals surface area contributed by atoms with E-state index in [9.17, 15) is 9.59 Å². The van der Waals surface area contributed by atoms with Crippen molar-refractivity contribution in [1.29, 1.82) is 0 Å². The summed E-state index contributed by atoms with van der Waals surface area (Å²) in [6.45, 7) is 1.24. The van der Waals surface area contributed by atoms with Gasteiger partial charge in [-0.2, -0.15) is 0 Å². The minimum atomic E-state index is -0.538. The molecule has 0 saturated heterocycles. The van der Waals surface area contributed by atoms with Crippen LogP contribution in [0.2, 0.25) is 0 Å². The molecule has 0 radical (unpaired) electrons. The minimum Gasteiger partial charge on any atom is -0.484 e. The van der Waals surface area contributed by atoms with E-state index in [-0.39, 0.29) is 18.2 Å². The number of hydrogen-bond acceptors (Lipinski definition) is 7. The zero-order chi connectivity index (χ0) is 23.2. The highest BCUT2D eigenvalue weighted by atomic mass is 32.2. The van der Waals surface area contributed by atoms with Gasteiger partial charge in [-0.3, -0.25) is 9.59 Å². The van der Waals surface area contributed by atoms with Gasteiger partial charge in [-0.25, -0.2) is 4.98 Å². The maximum absolute atomic E-state index is 12.6. The fourth-order valence-electron chi connectivity index (χ4n) is 3.41. The third kappa shape index (κ3) is 5.56. The number of nitrogens with zero attached hydrogens (tertiary/aromatic N) is 2. The number of thioether (sulfide) groups is 1. The number of carbonyl (C=O) groups is 2. The van der Waals surface area contributed by atoms with Gasteiger partial charge in [0.15, 0.2) is 6.61 Å². The first-order valence-electron chi connectivity index (χ1n) is 10.4. The summed E-state index contributed by atoms with van der Waals surface area (Å²) in [7, 11) is 0. The molecule has 33 heavy (non-hydrogen) atoms. The van der Waals surface area contributed by atoms with Crippen LogP contribution >= 0.6 is 11.8 Å². The Labute approximate surface area is 196 Å². The second-order valence-electron chi connectivity index (χ2n) is 7.30. The number of nitrogens with one attached hydrogen (secondary N) is 1. The molecule has 2 aromatic carbocycles. The molecule has 170 valence electrons. The average molecular weight is 465 g/mol. The lowest BCUT2D eigenvalue weighted by Crippen LogP contribution is -2.30. The van der Waals surface area contributed by atoms with Crippen LogP contribution in [-0.4, -0.2) is 42.8 Å². The Bertz CT molecular complexity index is 1150. The summed E-state index contributed by atoms with van der Waals surface area (Å²) < 4.78 is 11.1. The van der Waals surface area contributed by atoms with Crippen molar-refractivity contribution in [3.8, 4) is 11.6 Å². The van der Waals surface area contributed by atoms with Crippen molar-refractivity contribution in [2.45, 2.75) is 11.4 Å². The predicted molar refractivity (Wildman–Crippen MR) is 127 cm³/mol. The van der Waals surface area contributed by atoms with Crippen LogP contribution in [0.3, 0.4) is 0 Å². The highest BCUT2D eigenvalue weighted by Gasteiger charge is 2.23. The Hall–Kier alpha value is -3.72. The average Bonchev–Trinajstić information content (AvgIpc) is 2.85. The van der Waals surface area contributed by atoms with E-state index in [1.807, 2.05) is 59.7 Å². The lowest BCUT2D eigenvalue weighted by atomic mass is 10.2. The number of ether oxygens (including phenoxy) is 2. The first-order valence-corrected chi connectivity index (χ1v) is 11.6. The lowest BCUT2D eigenvalue weighted by Gasteiger charge is -2.30. The molecule has 2 heterocycles. The van der Waals surface area contributed by atoms with Crippen molar-refractivity contribution in [2.75, 3.05) is 30.9 Å². The molecule has 1 aliphatic heterocycles. The van der Waals surface area contributed by atoms with Gasteiger partial charge < -0.3 is 25.4 Å². The van der Waals surface area contributed by atoms with E-state index in [4.69, 9.17) is 15.2 Å². The molecule has 2 amide bonds. The highest BCUT2D eigenvalue weighted by molar-refractivity contribution is 7.98. The summed E-state index contributed by atoms with van der Waals surface area (Å²) in [6, 6.07) is 18.9. The van der Waals surface area contributed by atoms with Crippen LogP contribution in [0, 0.1) is 0 Å². The Morgan fingerprint density at radius 3 is 2.76 bits per heavy atom. The third-order valence-electron chi connectivity index (χ3n) is 5.04. The second-order valence-corrected chi connectivity index (χ2v) is 8.18. The van der Waals surface area contributed by atoms with Crippen LogP contribution in [0.4, 0.5) is 11.4 Å². The molecule has 9 heteroatoms. The van der Waals surface area contributed by atoms with E-state index < -0.39 is 5.91 Å². The van der Waals surface area contributed by atoms with E-state index in [1.165, 1.54) is 4.90 Å². The first kappa shape index (κ1) is 22.5. The molecule has 8 nitrogen and oxygen atoms in total. The Morgan fingerprint density at radius 2 is 2.00 bits per heavy atom. The van der Waals surface area contributed by atoms with E-state index in [0.717, 1.165) is 16.9 Å². The number of pyridine rings is 1. The number of rotatable bonds is 8.